The molecule has 1 rings (SSSR count). The molecule has 5 heteroatoms. The van der Waals surface area contributed by atoms with Gasteiger partial charge in [0.1, 0.15) is 18.0 Å². The van der Waals surface area contributed by atoms with Crippen LogP contribution in [0.2, 0.25) is 0 Å². The third-order valence-corrected chi connectivity index (χ3v) is 1.82. The van der Waals surface area contributed by atoms with E-state index < -0.39 is 5.97 Å². The lowest BCUT2D eigenvalue weighted by atomic mass is 10.3. The first-order chi connectivity index (χ1) is 8.11. The van der Waals surface area contributed by atoms with Crippen molar-refractivity contribution >= 4 is 17.4 Å². The smallest absolute Gasteiger partial charge is 0.339 e. The first kappa shape index (κ1) is 13.0. The van der Waals surface area contributed by atoms with E-state index in [1.807, 2.05) is 6.92 Å². The lowest BCUT2D eigenvalue weighted by molar-refractivity contribution is -0.143. The van der Waals surface area contributed by atoms with Crippen molar-refractivity contribution in [1.82, 2.24) is 0 Å². The van der Waals surface area contributed by atoms with Crippen molar-refractivity contribution in [3.63, 3.8) is 0 Å². The summed E-state index contributed by atoms with van der Waals surface area (Å²) in [4.78, 5) is 26.5. The van der Waals surface area contributed by atoms with E-state index in [-0.39, 0.29) is 12.2 Å². The molecule has 0 unspecified atom stereocenters. The van der Waals surface area contributed by atoms with Gasteiger partial charge >= 0.3 is 5.97 Å². The summed E-state index contributed by atoms with van der Waals surface area (Å²) < 4.78 is 5.28. The molecule has 92 valence electrons. The largest absolute Gasteiger partial charge is 0.494 e. The number of Topliss-reactive ketones (excluding diaryl/α,β-unsaturated/α-hetero) is 1. The molecule has 0 bridgehead atoms. The topological polar surface area (TPSA) is 64.6 Å². The number of rotatable bonds is 6. The van der Waals surface area contributed by atoms with Gasteiger partial charge < -0.3 is 9.57 Å². The fourth-order valence-corrected chi connectivity index (χ4v) is 1.17. The summed E-state index contributed by atoms with van der Waals surface area (Å²) in [6.07, 6.45) is -0.238. The minimum absolute atomic E-state index is 0.236. The summed E-state index contributed by atoms with van der Waals surface area (Å²) in [5.41, 5.74) is 3.06. The summed E-state index contributed by atoms with van der Waals surface area (Å²) >= 11 is 0. The fraction of sp³-hybridized carbons (Fsp3) is 0.333. The number of benzene rings is 1. The van der Waals surface area contributed by atoms with E-state index in [4.69, 9.17) is 9.57 Å². The second-order valence-electron chi connectivity index (χ2n) is 3.42. The molecule has 0 aliphatic heterocycles. The van der Waals surface area contributed by atoms with Crippen LogP contribution in [0.15, 0.2) is 24.3 Å². The van der Waals surface area contributed by atoms with E-state index in [0.717, 1.165) is 0 Å². The van der Waals surface area contributed by atoms with Gasteiger partial charge in [-0.05, 0) is 26.0 Å². The highest BCUT2D eigenvalue weighted by molar-refractivity contribution is 5.94. The Morgan fingerprint density at radius 1 is 1.35 bits per heavy atom. The van der Waals surface area contributed by atoms with E-state index in [1.54, 1.807) is 24.3 Å². The van der Waals surface area contributed by atoms with Crippen molar-refractivity contribution < 1.29 is 19.2 Å². The minimum atomic E-state index is -0.612. The molecule has 0 spiro atoms. The molecule has 0 atom stereocenters. The SMILES string of the molecule is CCOc1cccc(NOC(=O)CC(C)=O)c1. The highest BCUT2D eigenvalue weighted by atomic mass is 16.7. The number of hydrogen-bond acceptors (Lipinski definition) is 5. The standard InChI is InChI=1S/C12H15NO4/c1-3-16-11-6-4-5-10(8-11)13-17-12(15)7-9(2)14/h4-6,8,13H,3,7H2,1-2H3. The minimum Gasteiger partial charge on any atom is -0.494 e. The number of ketones is 1. The van der Waals surface area contributed by atoms with Gasteiger partial charge in [0.25, 0.3) is 0 Å². The van der Waals surface area contributed by atoms with Crippen LogP contribution in [0.25, 0.3) is 0 Å². The summed E-state index contributed by atoms with van der Waals surface area (Å²) in [6.45, 7) is 3.78. The zero-order valence-corrected chi connectivity index (χ0v) is 9.86. The third kappa shape index (κ3) is 5.01. The Morgan fingerprint density at radius 2 is 2.12 bits per heavy atom. The first-order valence-electron chi connectivity index (χ1n) is 5.29. The maximum atomic E-state index is 11.1. The van der Waals surface area contributed by atoms with Crippen molar-refractivity contribution in [2.75, 3.05) is 12.1 Å². The van der Waals surface area contributed by atoms with E-state index in [1.165, 1.54) is 6.92 Å². The van der Waals surface area contributed by atoms with Crippen LogP contribution in [0, 0.1) is 0 Å². The molecule has 0 saturated heterocycles. The van der Waals surface area contributed by atoms with E-state index in [2.05, 4.69) is 5.48 Å². The van der Waals surface area contributed by atoms with Crippen molar-refractivity contribution in [2.45, 2.75) is 20.3 Å². The van der Waals surface area contributed by atoms with Gasteiger partial charge in [0.05, 0.1) is 12.3 Å². The van der Waals surface area contributed by atoms with Gasteiger partial charge in [0, 0.05) is 6.07 Å². The van der Waals surface area contributed by atoms with Crippen LogP contribution < -0.4 is 10.2 Å². The first-order valence-corrected chi connectivity index (χ1v) is 5.29. The van der Waals surface area contributed by atoms with Gasteiger partial charge in [0.2, 0.25) is 0 Å². The lowest BCUT2D eigenvalue weighted by Crippen LogP contribution is -2.13. The maximum Gasteiger partial charge on any atom is 0.339 e. The zero-order valence-electron chi connectivity index (χ0n) is 9.86. The Hall–Kier alpha value is -2.04. The molecule has 0 heterocycles. The van der Waals surface area contributed by atoms with Crippen molar-refractivity contribution in [3.05, 3.63) is 24.3 Å². The molecule has 0 aliphatic rings. The molecule has 0 fully saturated rings. The Balaban J connectivity index is 2.48. The van der Waals surface area contributed by atoms with Crippen LogP contribution in [0.3, 0.4) is 0 Å². The van der Waals surface area contributed by atoms with Crippen molar-refractivity contribution in [3.8, 4) is 5.75 Å². The molecular weight excluding hydrogens is 222 g/mol. The van der Waals surface area contributed by atoms with Crippen LogP contribution in [-0.2, 0) is 14.4 Å². The van der Waals surface area contributed by atoms with Gasteiger partial charge in [-0.25, -0.2) is 10.3 Å². The molecule has 0 aliphatic carbocycles. The van der Waals surface area contributed by atoms with Crippen LogP contribution in [0.4, 0.5) is 5.69 Å². The van der Waals surface area contributed by atoms with E-state index in [9.17, 15) is 9.59 Å². The van der Waals surface area contributed by atoms with Crippen molar-refractivity contribution in [1.29, 1.82) is 0 Å². The highest BCUT2D eigenvalue weighted by Gasteiger charge is 2.06. The van der Waals surface area contributed by atoms with Crippen molar-refractivity contribution in [2.24, 2.45) is 0 Å². The number of hydrogen-bond donors (Lipinski definition) is 1. The third-order valence-electron chi connectivity index (χ3n) is 1.82. The fourth-order valence-electron chi connectivity index (χ4n) is 1.17. The predicted molar refractivity (Wildman–Crippen MR) is 62.6 cm³/mol. The number of ether oxygens (including phenoxy) is 1. The number of nitrogens with one attached hydrogen (secondary N) is 1. The van der Waals surface area contributed by atoms with Gasteiger partial charge in [-0.15, -0.1) is 0 Å². The summed E-state index contributed by atoms with van der Waals surface area (Å²) in [6, 6.07) is 6.99. The second-order valence-corrected chi connectivity index (χ2v) is 3.42. The number of carbonyl (C=O) groups excluding carboxylic acids is 2. The van der Waals surface area contributed by atoms with Crippen LogP contribution in [-0.4, -0.2) is 18.4 Å². The molecule has 5 nitrogen and oxygen atoms in total. The molecule has 0 saturated carbocycles. The number of anilines is 1. The molecule has 0 amide bonds. The lowest BCUT2D eigenvalue weighted by Gasteiger charge is -2.08. The summed E-state index contributed by atoms with van der Waals surface area (Å²) in [5.74, 6) is -0.167. The molecular formula is C12H15NO4. The summed E-state index contributed by atoms with van der Waals surface area (Å²) in [5, 5.41) is 0. The van der Waals surface area contributed by atoms with E-state index >= 15 is 0 Å². The average molecular weight is 237 g/mol. The van der Waals surface area contributed by atoms with Gasteiger partial charge in [0.15, 0.2) is 0 Å². The molecule has 0 aromatic heterocycles. The Bertz CT molecular complexity index is 403. The summed E-state index contributed by atoms with van der Waals surface area (Å²) in [7, 11) is 0. The Morgan fingerprint density at radius 3 is 2.76 bits per heavy atom. The highest BCUT2D eigenvalue weighted by Crippen LogP contribution is 2.17. The van der Waals surface area contributed by atoms with Gasteiger partial charge in [-0.2, -0.15) is 0 Å². The van der Waals surface area contributed by atoms with Crippen LogP contribution in [0.5, 0.6) is 5.75 Å². The van der Waals surface area contributed by atoms with Gasteiger partial charge in [-0.3, -0.25) is 4.79 Å². The maximum absolute atomic E-state index is 11.1. The van der Waals surface area contributed by atoms with Crippen LogP contribution >= 0.6 is 0 Å². The van der Waals surface area contributed by atoms with E-state index in [0.29, 0.717) is 18.0 Å². The Kier molecular flexibility index (Phi) is 5.00. The molecule has 0 radical (unpaired) electrons. The van der Waals surface area contributed by atoms with Gasteiger partial charge in [-0.1, -0.05) is 6.07 Å². The zero-order chi connectivity index (χ0) is 12.7. The average Bonchev–Trinajstić information content (AvgIpc) is 2.26. The number of carbonyl (C=O) groups is 2. The van der Waals surface area contributed by atoms with Crippen LogP contribution in [0.1, 0.15) is 20.3 Å². The molecule has 1 N–H and O–H groups in total. The molecule has 1 aromatic carbocycles. The second kappa shape index (κ2) is 6.52. The monoisotopic (exact) mass is 237 g/mol. The molecule has 17 heavy (non-hydrogen) atoms. The molecule has 1 aromatic rings. The quantitative estimate of drug-likeness (QED) is 0.605. The predicted octanol–water partition coefficient (Wildman–Crippen LogP) is 1.93. The normalized spacial score (nSPS) is 9.53. The Labute approximate surface area is 99.7 Å².